The summed E-state index contributed by atoms with van der Waals surface area (Å²) in [4.78, 5) is 0. The van der Waals surface area contributed by atoms with Crippen molar-refractivity contribution in [1.82, 2.24) is 5.32 Å². The van der Waals surface area contributed by atoms with Crippen molar-refractivity contribution < 1.29 is 0 Å². The Morgan fingerprint density at radius 2 is 2.06 bits per heavy atom. The first-order valence-electron chi connectivity index (χ1n) is 5.23. The van der Waals surface area contributed by atoms with Gasteiger partial charge in [0.2, 0.25) is 0 Å². The molecule has 0 radical (unpaired) electrons. The number of hydrogen-bond acceptors (Lipinski definition) is 1. The van der Waals surface area contributed by atoms with Gasteiger partial charge in [0.25, 0.3) is 0 Å². The van der Waals surface area contributed by atoms with E-state index in [-0.39, 0.29) is 5.41 Å². The third-order valence-electron chi connectivity index (χ3n) is 2.67. The molecule has 0 aliphatic heterocycles. The summed E-state index contributed by atoms with van der Waals surface area (Å²) in [5.41, 5.74) is 1.21. The van der Waals surface area contributed by atoms with Crippen molar-refractivity contribution in [3.63, 3.8) is 0 Å². The van der Waals surface area contributed by atoms with Crippen LogP contribution in [0.15, 0.2) is 30.9 Å². The van der Waals surface area contributed by atoms with E-state index in [1.165, 1.54) is 5.56 Å². The molecule has 0 bridgehead atoms. The molecule has 0 saturated carbocycles. The molecule has 1 nitrogen and oxygen atoms in total. The van der Waals surface area contributed by atoms with Crippen molar-refractivity contribution in [2.24, 2.45) is 5.41 Å². The summed E-state index contributed by atoms with van der Waals surface area (Å²) >= 11 is 11.9. The molecule has 3 heteroatoms. The zero-order valence-electron chi connectivity index (χ0n) is 9.69. The van der Waals surface area contributed by atoms with E-state index in [1.807, 2.05) is 31.3 Å². The first kappa shape index (κ1) is 13.6. The van der Waals surface area contributed by atoms with Crippen molar-refractivity contribution in [3.8, 4) is 0 Å². The van der Waals surface area contributed by atoms with E-state index < -0.39 is 0 Å². The number of nitrogens with one attached hydrogen (secondary N) is 1. The molecule has 0 amide bonds. The molecule has 1 aromatic rings. The molecule has 1 unspecified atom stereocenters. The smallest absolute Gasteiger partial charge is 0.0595 e. The normalized spacial score (nSPS) is 14.5. The molecule has 1 atom stereocenters. The van der Waals surface area contributed by atoms with Crippen LogP contribution in [0.5, 0.6) is 0 Å². The van der Waals surface area contributed by atoms with Crippen molar-refractivity contribution in [2.75, 3.05) is 13.6 Å². The lowest BCUT2D eigenvalue weighted by molar-refractivity contribution is 0.406. The van der Waals surface area contributed by atoms with Crippen molar-refractivity contribution >= 4 is 23.2 Å². The van der Waals surface area contributed by atoms with E-state index in [9.17, 15) is 0 Å². The molecule has 0 saturated heterocycles. The molecular weight excluding hydrogens is 241 g/mol. The SMILES string of the molecule is C=CC(C)(CNC)Cc1ccc(Cl)c(Cl)c1. The van der Waals surface area contributed by atoms with Gasteiger partial charge in [-0.15, -0.1) is 6.58 Å². The van der Waals surface area contributed by atoms with Gasteiger partial charge in [0.05, 0.1) is 10.0 Å². The lowest BCUT2D eigenvalue weighted by atomic mass is 9.84. The summed E-state index contributed by atoms with van der Waals surface area (Å²) in [6.07, 6.45) is 2.88. The summed E-state index contributed by atoms with van der Waals surface area (Å²) in [5, 5.41) is 4.38. The summed E-state index contributed by atoms with van der Waals surface area (Å²) in [6, 6.07) is 5.76. The minimum Gasteiger partial charge on any atom is -0.319 e. The Morgan fingerprint density at radius 1 is 1.38 bits per heavy atom. The van der Waals surface area contributed by atoms with Crippen LogP contribution in [0.4, 0.5) is 0 Å². The first-order valence-corrected chi connectivity index (χ1v) is 5.98. The highest BCUT2D eigenvalue weighted by Gasteiger charge is 2.20. The van der Waals surface area contributed by atoms with Crippen molar-refractivity contribution in [1.29, 1.82) is 0 Å². The van der Waals surface area contributed by atoms with Gasteiger partial charge in [0.1, 0.15) is 0 Å². The van der Waals surface area contributed by atoms with Crippen LogP contribution in [0.3, 0.4) is 0 Å². The largest absolute Gasteiger partial charge is 0.319 e. The molecule has 0 aliphatic carbocycles. The summed E-state index contributed by atoms with van der Waals surface area (Å²) in [7, 11) is 1.94. The van der Waals surface area contributed by atoms with E-state index in [1.54, 1.807) is 0 Å². The van der Waals surface area contributed by atoms with Gasteiger partial charge in [0.15, 0.2) is 0 Å². The van der Waals surface area contributed by atoms with Gasteiger partial charge in [-0.2, -0.15) is 0 Å². The van der Waals surface area contributed by atoms with E-state index in [4.69, 9.17) is 23.2 Å². The fraction of sp³-hybridized carbons (Fsp3) is 0.385. The van der Waals surface area contributed by atoms with E-state index in [0.29, 0.717) is 10.0 Å². The fourth-order valence-electron chi connectivity index (χ4n) is 1.73. The zero-order chi connectivity index (χ0) is 12.2. The van der Waals surface area contributed by atoms with Gasteiger partial charge in [-0.05, 0) is 31.2 Å². The van der Waals surface area contributed by atoms with Gasteiger partial charge in [0, 0.05) is 12.0 Å². The van der Waals surface area contributed by atoms with Crippen LogP contribution in [0, 0.1) is 5.41 Å². The molecule has 0 aromatic heterocycles. The Kier molecular flexibility index (Phi) is 4.85. The molecule has 1 N–H and O–H groups in total. The van der Waals surface area contributed by atoms with Crippen LogP contribution in [0.1, 0.15) is 12.5 Å². The zero-order valence-corrected chi connectivity index (χ0v) is 11.2. The van der Waals surface area contributed by atoms with Gasteiger partial charge in [-0.3, -0.25) is 0 Å². The molecule has 16 heavy (non-hydrogen) atoms. The maximum absolute atomic E-state index is 5.99. The van der Waals surface area contributed by atoms with Gasteiger partial charge >= 0.3 is 0 Å². The minimum atomic E-state index is 0.0336. The monoisotopic (exact) mass is 257 g/mol. The number of halogens is 2. The molecule has 88 valence electrons. The summed E-state index contributed by atoms with van der Waals surface area (Å²) in [5.74, 6) is 0. The first-order chi connectivity index (χ1) is 7.50. The van der Waals surface area contributed by atoms with Crippen molar-refractivity contribution in [3.05, 3.63) is 46.5 Å². The number of hydrogen-bond donors (Lipinski definition) is 1. The molecule has 0 aliphatic rings. The second-order valence-corrected chi connectivity index (χ2v) is 5.13. The molecule has 0 fully saturated rings. The van der Waals surface area contributed by atoms with Crippen LogP contribution >= 0.6 is 23.2 Å². The maximum atomic E-state index is 5.99. The second-order valence-electron chi connectivity index (χ2n) is 4.31. The van der Waals surface area contributed by atoms with Gasteiger partial charge in [-0.1, -0.05) is 42.3 Å². The molecule has 0 heterocycles. The highest BCUT2D eigenvalue weighted by molar-refractivity contribution is 6.42. The number of rotatable bonds is 5. The third kappa shape index (κ3) is 3.51. The Morgan fingerprint density at radius 3 is 2.56 bits per heavy atom. The van der Waals surface area contributed by atoms with Crippen LogP contribution in [-0.2, 0) is 6.42 Å². The molecule has 1 rings (SSSR count). The Hall–Kier alpha value is -0.500. The quantitative estimate of drug-likeness (QED) is 0.788. The van der Waals surface area contributed by atoms with Crippen LogP contribution in [0.2, 0.25) is 10.0 Å². The van der Waals surface area contributed by atoms with Crippen molar-refractivity contribution in [2.45, 2.75) is 13.3 Å². The third-order valence-corrected chi connectivity index (χ3v) is 3.40. The van der Waals surface area contributed by atoms with Crippen LogP contribution in [0.25, 0.3) is 0 Å². The van der Waals surface area contributed by atoms with E-state index in [2.05, 4.69) is 18.8 Å². The van der Waals surface area contributed by atoms with E-state index in [0.717, 1.165) is 13.0 Å². The Labute approximate surface area is 107 Å². The molecular formula is C13H17Cl2N. The predicted octanol–water partition coefficient (Wildman–Crippen LogP) is 3.95. The highest BCUT2D eigenvalue weighted by atomic mass is 35.5. The average molecular weight is 258 g/mol. The fourth-order valence-corrected chi connectivity index (χ4v) is 2.05. The van der Waals surface area contributed by atoms with Crippen LogP contribution < -0.4 is 5.32 Å². The van der Waals surface area contributed by atoms with E-state index >= 15 is 0 Å². The predicted molar refractivity (Wildman–Crippen MR) is 72.4 cm³/mol. The lowest BCUT2D eigenvalue weighted by Crippen LogP contribution is -2.29. The molecule has 1 aromatic carbocycles. The second kappa shape index (κ2) is 5.72. The highest BCUT2D eigenvalue weighted by Crippen LogP contribution is 2.28. The average Bonchev–Trinajstić information content (AvgIpc) is 2.24. The minimum absolute atomic E-state index is 0.0336. The Bertz CT molecular complexity index is 376. The van der Waals surface area contributed by atoms with Gasteiger partial charge in [-0.25, -0.2) is 0 Å². The topological polar surface area (TPSA) is 12.0 Å². The number of benzene rings is 1. The summed E-state index contributed by atoms with van der Waals surface area (Å²) in [6.45, 7) is 6.94. The standard InChI is InChI=1S/C13H17Cl2N/c1-4-13(2,9-16-3)8-10-5-6-11(14)12(15)7-10/h4-7,16H,1,8-9H2,2-3H3. The van der Waals surface area contributed by atoms with Gasteiger partial charge < -0.3 is 5.32 Å². The lowest BCUT2D eigenvalue weighted by Gasteiger charge is -2.25. The Balaban J connectivity index is 2.86. The van der Waals surface area contributed by atoms with Crippen LogP contribution in [-0.4, -0.2) is 13.6 Å². The summed E-state index contributed by atoms with van der Waals surface area (Å²) < 4.78 is 0. The molecule has 0 spiro atoms. The maximum Gasteiger partial charge on any atom is 0.0595 e.